The van der Waals surface area contributed by atoms with Crippen molar-refractivity contribution in [1.29, 1.82) is 0 Å². The van der Waals surface area contributed by atoms with E-state index in [2.05, 4.69) is 9.44 Å². The summed E-state index contributed by atoms with van der Waals surface area (Å²) < 4.78 is 50.4. The number of thiocarbonyl (C=S) groups is 1. The fourth-order valence-electron chi connectivity index (χ4n) is 1.29. The molecule has 1 aromatic carbocycles. The molecule has 0 aliphatic carbocycles. The van der Waals surface area contributed by atoms with Crippen molar-refractivity contribution in [2.75, 3.05) is 19.3 Å². The first-order chi connectivity index (χ1) is 9.18. The van der Waals surface area contributed by atoms with Gasteiger partial charge in [0, 0.05) is 12.1 Å². The van der Waals surface area contributed by atoms with Gasteiger partial charge in [0.25, 0.3) is 0 Å². The van der Waals surface area contributed by atoms with E-state index in [-0.39, 0.29) is 22.2 Å². The number of hydrogen-bond acceptors (Lipinski definition) is 5. The summed E-state index contributed by atoms with van der Waals surface area (Å²) in [6.07, 6.45) is 0. The van der Waals surface area contributed by atoms with Gasteiger partial charge in [0.2, 0.25) is 20.0 Å². The Hall–Kier alpha value is -1.07. The summed E-state index contributed by atoms with van der Waals surface area (Å²) in [6, 6.07) is 5.68. The topological polar surface area (TPSA) is 118 Å². The number of nitrogens with two attached hydrogens (primary N) is 1. The Labute approximate surface area is 123 Å². The first-order valence-electron chi connectivity index (χ1n) is 5.49. The van der Waals surface area contributed by atoms with Crippen molar-refractivity contribution >= 4 is 37.3 Å². The molecule has 0 saturated heterocycles. The van der Waals surface area contributed by atoms with Gasteiger partial charge < -0.3 is 5.73 Å². The van der Waals surface area contributed by atoms with E-state index in [9.17, 15) is 16.8 Å². The zero-order valence-corrected chi connectivity index (χ0v) is 13.1. The highest BCUT2D eigenvalue weighted by Crippen LogP contribution is 2.10. The van der Waals surface area contributed by atoms with Crippen LogP contribution < -0.4 is 15.2 Å². The van der Waals surface area contributed by atoms with Gasteiger partial charge in [0.05, 0.1) is 10.6 Å². The minimum atomic E-state index is -3.76. The molecule has 0 spiro atoms. The van der Waals surface area contributed by atoms with Crippen molar-refractivity contribution in [2.45, 2.75) is 4.90 Å². The second-order valence-corrected chi connectivity index (χ2v) is 8.06. The molecule has 112 valence electrons. The highest BCUT2D eigenvalue weighted by Gasteiger charge is 2.15. The molecule has 0 heterocycles. The molecule has 0 fully saturated rings. The molecule has 0 aromatic heterocycles. The number of nitrogens with one attached hydrogen (secondary N) is 2. The summed E-state index contributed by atoms with van der Waals surface area (Å²) in [4.78, 5) is 0.182. The van der Waals surface area contributed by atoms with E-state index in [1.54, 1.807) is 0 Å². The van der Waals surface area contributed by atoms with Gasteiger partial charge in [-0.25, -0.2) is 26.3 Å². The summed E-state index contributed by atoms with van der Waals surface area (Å²) >= 11 is 4.76. The molecular weight excluding hydrogens is 322 g/mol. The molecule has 0 radical (unpaired) electrons. The van der Waals surface area contributed by atoms with Crippen LogP contribution in [-0.4, -0.2) is 41.2 Å². The largest absolute Gasteiger partial charge is 0.389 e. The minimum Gasteiger partial charge on any atom is -0.389 e. The Morgan fingerprint density at radius 2 is 1.75 bits per heavy atom. The molecule has 1 rings (SSSR count). The van der Waals surface area contributed by atoms with E-state index in [0.717, 1.165) is 0 Å². The normalized spacial score (nSPS) is 12.2. The van der Waals surface area contributed by atoms with Crippen LogP contribution in [0.2, 0.25) is 0 Å². The number of benzene rings is 1. The molecule has 7 nitrogen and oxygen atoms in total. The Balaban J connectivity index is 2.77. The van der Waals surface area contributed by atoms with Gasteiger partial charge in [0.1, 0.15) is 4.99 Å². The first-order valence-corrected chi connectivity index (χ1v) is 9.03. The fraction of sp³-hybridized carbons (Fsp3) is 0.300. The van der Waals surface area contributed by atoms with E-state index in [1.165, 1.54) is 31.3 Å². The molecule has 0 aliphatic rings. The molecule has 0 amide bonds. The standard InChI is InChI=1S/C10H15N3O4S3/c1-12-19(14,15)7-6-13-20(16,17)9-4-2-8(3-5-9)10(11)18/h2-5,12-13H,6-7H2,1H3,(H2,11,18). The van der Waals surface area contributed by atoms with Crippen LogP contribution in [-0.2, 0) is 20.0 Å². The van der Waals surface area contributed by atoms with E-state index in [1.807, 2.05) is 0 Å². The third-order valence-electron chi connectivity index (χ3n) is 2.42. The monoisotopic (exact) mass is 337 g/mol. The third-order valence-corrected chi connectivity index (χ3v) is 5.50. The summed E-state index contributed by atoms with van der Waals surface area (Å²) in [5.74, 6) is -0.340. The Morgan fingerprint density at radius 1 is 1.20 bits per heavy atom. The van der Waals surface area contributed by atoms with Crippen LogP contribution >= 0.6 is 12.2 Å². The van der Waals surface area contributed by atoms with Crippen LogP contribution in [0.1, 0.15) is 5.56 Å². The van der Waals surface area contributed by atoms with E-state index < -0.39 is 20.0 Å². The Kier molecular flexibility index (Phi) is 5.59. The van der Waals surface area contributed by atoms with E-state index in [4.69, 9.17) is 18.0 Å². The van der Waals surface area contributed by atoms with Gasteiger partial charge in [0.15, 0.2) is 0 Å². The molecule has 20 heavy (non-hydrogen) atoms. The number of rotatable bonds is 7. The Bertz CT molecular complexity index is 681. The minimum absolute atomic E-state index is 0.0133. The molecule has 4 N–H and O–H groups in total. The maximum atomic E-state index is 11.9. The predicted octanol–water partition coefficient (Wildman–Crippen LogP) is -0.852. The van der Waals surface area contributed by atoms with Gasteiger partial charge >= 0.3 is 0 Å². The van der Waals surface area contributed by atoms with Crippen molar-refractivity contribution < 1.29 is 16.8 Å². The summed E-state index contributed by atoms with van der Waals surface area (Å²) in [7, 11) is -5.95. The lowest BCUT2D eigenvalue weighted by atomic mass is 10.2. The highest BCUT2D eigenvalue weighted by atomic mass is 32.2. The summed E-state index contributed by atoms with van der Waals surface area (Å²) in [5, 5.41) is 0. The molecule has 0 atom stereocenters. The van der Waals surface area contributed by atoms with E-state index in [0.29, 0.717) is 5.56 Å². The third kappa shape index (κ3) is 4.80. The molecule has 0 aliphatic heterocycles. The van der Waals surface area contributed by atoms with Gasteiger partial charge in [-0.1, -0.05) is 24.4 Å². The average Bonchev–Trinajstić information content (AvgIpc) is 2.38. The van der Waals surface area contributed by atoms with E-state index >= 15 is 0 Å². The Morgan fingerprint density at radius 3 is 2.20 bits per heavy atom. The fourth-order valence-corrected chi connectivity index (χ4v) is 3.17. The lowest BCUT2D eigenvalue weighted by Gasteiger charge is -2.07. The van der Waals surface area contributed by atoms with Crippen LogP contribution in [0.15, 0.2) is 29.2 Å². The number of sulfonamides is 2. The lowest BCUT2D eigenvalue weighted by molar-refractivity contribution is 0.578. The summed E-state index contributed by atoms with van der Waals surface area (Å²) in [5.41, 5.74) is 5.96. The quantitative estimate of drug-likeness (QED) is 0.558. The molecule has 1 aromatic rings. The maximum absolute atomic E-state index is 11.9. The SMILES string of the molecule is CNS(=O)(=O)CCNS(=O)(=O)c1ccc(C(N)=S)cc1. The van der Waals surface area contributed by atoms with Crippen LogP contribution in [0.5, 0.6) is 0 Å². The number of hydrogen-bond donors (Lipinski definition) is 3. The highest BCUT2D eigenvalue weighted by molar-refractivity contribution is 7.90. The van der Waals surface area contributed by atoms with Crippen LogP contribution in [0, 0.1) is 0 Å². The molecule has 0 unspecified atom stereocenters. The molecular formula is C10H15N3O4S3. The van der Waals surface area contributed by atoms with Crippen LogP contribution in [0.4, 0.5) is 0 Å². The summed E-state index contributed by atoms with van der Waals surface area (Å²) in [6.45, 7) is -0.220. The van der Waals surface area contributed by atoms with Gasteiger partial charge in [-0.05, 0) is 19.2 Å². The molecule has 0 saturated carbocycles. The maximum Gasteiger partial charge on any atom is 0.240 e. The van der Waals surface area contributed by atoms with Crippen molar-refractivity contribution in [2.24, 2.45) is 5.73 Å². The lowest BCUT2D eigenvalue weighted by Crippen LogP contribution is -2.33. The second-order valence-electron chi connectivity index (χ2n) is 3.81. The van der Waals surface area contributed by atoms with Gasteiger partial charge in [-0.15, -0.1) is 0 Å². The smallest absolute Gasteiger partial charge is 0.240 e. The van der Waals surface area contributed by atoms with Crippen LogP contribution in [0.25, 0.3) is 0 Å². The van der Waals surface area contributed by atoms with Crippen molar-refractivity contribution in [1.82, 2.24) is 9.44 Å². The molecule has 0 bridgehead atoms. The predicted molar refractivity (Wildman–Crippen MR) is 80.4 cm³/mol. The van der Waals surface area contributed by atoms with Gasteiger partial charge in [-0.2, -0.15) is 0 Å². The van der Waals surface area contributed by atoms with Crippen molar-refractivity contribution in [3.63, 3.8) is 0 Å². The zero-order valence-electron chi connectivity index (χ0n) is 10.7. The zero-order chi connectivity index (χ0) is 15.4. The van der Waals surface area contributed by atoms with Crippen LogP contribution in [0.3, 0.4) is 0 Å². The van der Waals surface area contributed by atoms with Crippen molar-refractivity contribution in [3.8, 4) is 0 Å². The second kappa shape index (κ2) is 6.59. The molecule has 10 heteroatoms. The van der Waals surface area contributed by atoms with Crippen molar-refractivity contribution in [3.05, 3.63) is 29.8 Å². The first kappa shape index (κ1) is 17.0. The van der Waals surface area contributed by atoms with Gasteiger partial charge in [-0.3, -0.25) is 0 Å². The average molecular weight is 337 g/mol.